The smallest absolute Gasteiger partial charge is 0.221 e. The molecule has 128 valence electrons. The summed E-state index contributed by atoms with van der Waals surface area (Å²) in [5, 5.41) is 11.8. The van der Waals surface area contributed by atoms with Gasteiger partial charge in [0.25, 0.3) is 0 Å². The summed E-state index contributed by atoms with van der Waals surface area (Å²) in [6.07, 6.45) is 1.67. The molecule has 0 unspecified atom stereocenters. The molecule has 3 rings (SSSR count). The predicted molar refractivity (Wildman–Crippen MR) is 98.2 cm³/mol. The van der Waals surface area contributed by atoms with Gasteiger partial charge in [-0.25, -0.2) is 0 Å². The number of carbonyl (C=O) groups excluding carboxylic acids is 1. The number of nitrogens with one attached hydrogen (secondary N) is 1. The van der Waals surface area contributed by atoms with E-state index in [2.05, 4.69) is 15.5 Å². The fourth-order valence-electron chi connectivity index (χ4n) is 2.35. The number of thioether (sulfide) groups is 1. The summed E-state index contributed by atoms with van der Waals surface area (Å²) in [6, 6.07) is 15.5. The van der Waals surface area contributed by atoms with Crippen molar-refractivity contribution in [3.63, 3.8) is 0 Å². The average Bonchev–Trinajstić information content (AvgIpc) is 3.08. The van der Waals surface area contributed by atoms with Crippen LogP contribution in [0.1, 0.15) is 12.5 Å². The molecule has 7 heteroatoms. The lowest BCUT2D eigenvalue weighted by molar-refractivity contribution is -0.114. The van der Waals surface area contributed by atoms with E-state index in [1.807, 2.05) is 53.1 Å². The Kier molecular flexibility index (Phi) is 5.35. The van der Waals surface area contributed by atoms with Crippen molar-refractivity contribution in [2.24, 2.45) is 0 Å². The van der Waals surface area contributed by atoms with Crippen molar-refractivity contribution in [1.82, 2.24) is 14.8 Å². The van der Waals surface area contributed by atoms with E-state index >= 15 is 0 Å². The molecule has 25 heavy (non-hydrogen) atoms. The minimum absolute atomic E-state index is 0.103. The molecule has 0 aliphatic rings. The lowest BCUT2D eigenvalue weighted by Crippen LogP contribution is -2.06. The van der Waals surface area contributed by atoms with Crippen molar-refractivity contribution >= 4 is 23.4 Å². The Labute approximate surface area is 150 Å². The van der Waals surface area contributed by atoms with Gasteiger partial charge < -0.3 is 10.1 Å². The highest BCUT2D eigenvalue weighted by molar-refractivity contribution is 7.98. The zero-order valence-corrected chi connectivity index (χ0v) is 14.8. The highest BCUT2D eigenvalue weighted by Crippen LogP contribution is 2.26. The summed E-state index contributed by atoms with van der Waals surface area (Å²) < 4.78 is 7.15. The van der Waals surface area contributed by atoms with Crippen LogP contribution in [-0.2, 0) is 10.5 Å². The van der Waals surface area contributed by atoms with Crippen molar-refractivity contribution in [2.45, 2.75) is 17.8 Å². The van der Waals surface area contributed by atoms with Crippen molar-refractivity contribution in [3.05, 3.63) is 60.4 Å². The predicted octanol–water partition coefficient (Wildman–Crippen LogP) is 3.53. The largest absolute Gasteiger partial charge is 0.497 e. The Morgan fingerprint density at radius 1 is 1.24 bits per heavy atom. The number of anilines is 1. The molecule has 0 fully saturated rings. The molecule has 3 aromatic rings. The van der Waals surface area contributed by atoms with E-state index in [0.717, 1.165) is 33.6 Å². The molecule has 6 nitrogen and oxygen atoms in total. The van der Waals surface area contributed by atoms with E-state index in [4.69, 9.17) is 4.74 Å². The molecule has 2 aromatic carbocycles. The van der Waals surface area contributed by atoms with Gasteiger partial charge in [0.1, 0.15) is 12.1 Å². The van der Waals surface area contributed by atoms with Crippen LogP contribution in [0.4, 0.5) is 5.69 Å². The van der Waals surface area contributed by atoms with E-state index in [1.54, 1.807) is 25.2 Å². The molecule has 0 saturated carbocycles. The summed E-state index contributed by atoms with van der Waals surface area (Å²) in [5.41, 5.74) is 2.78. The Morgan fingerprint density at radius 2 is 2.08 bits per heavy atom. The van der Waals surface area contributed by atoms with Gasteiger partial charge >= 0.3 is 0 Å². The molecule has 0 aliphatic heterocycles. The molecule has 1 heterocycles. The fraction of sp³-hybridized carbons (Fsp3) is 0.167. The Balaban J connectivity index is 1.77. The van der Waals surface area contributed by atoms with E-state index in [0.29, 0.717) is 0 Å². The SMILES string of the molecule is COc1cccc(CSc2nncn2-c2cccc(NC(C)=O)c2)c1. The molecular weight excluding hydrogens is 336 g/mol. The van der Waals surface area contributed by atoms with Gasteiger partial charge in [0, 0.05) is 18.4 Å². The minimum atomic E-state index is -0.103. The van der Waals surface area contributed by atoms with Gasteiger partial charge in [0.15, 0.2) is 5.16 Å². The first-order chi connectivity index (χ1) is 12.2. The number of hydrogen-bond acceptors (Lipinski definition) is 5. The molecule has 0 aliphatic carbocycles. The number of carbonyl (C=O) groups is 1. The molecule has 0 bridgehead atoms. The minimum Gasteiger partial charge on any atom is -0.497 e. The van der Waals surface area contributed by atoms with Crippen LogP contribution in [0, 0.1) is 0 Å². The van der Waals surface area contributed by atoms with Gasteiger partial charge in [-0.2, -0.15) is 0 Å². The van der Waals surface area contributed by atoms with E-state index in [1.165, 1.54) is 6.92 Å². The topological polar surface area (TPSA) is 69.0 Å². The summed E-state index contributed by atoms with van der Waals surface area (Å²) in [4.78, 5) is 11.2. The maximum Gasteiger partial charge on any atom is 0.221 e. The third kappa shape index (κ3) is 4.39. The number of amides is 1. The zero-order chi connectivity index (χ0) is 17.6. The maximum atomic E-state index is 11.2. The number of benzene rings is 2. The summed E-state index contributed by atoms with van der Waals surface area (Å²) >= 11 is 1.59. The van der Waals surface area contributed by atoms with Crippen LogP contribution in [0.2, 0.25) is 0 Å². The first-order valence-corrected chi connectivity index (χ1v) is 8.68. The van der Waals surface area contributed by atoms with E-state index < -0.39 is 0 Å². The molecule has 1 amide bonds. The lowest BCUT2D eigenvalue weighted by Gasteiger charge is -2.09. The standard InChI is InChI=1S/C18H18N4O2S/c1-13(23)20-15-6-4-7-16(10-15)22-12-19-21-18(22)25-11-14-5-3-8-17(9-14)24-2/h3-10,12H,11H2,1-2H3,(H,20,23). The molecular formula is C18H18N4O2S. The summed E-state index contributed by atoms with van der Waals surface area (Å²) in [6.45, 7) is 1.49. The number of hydrogen-bond donors (Lipinski definition) is 1. The highest BCUT2D eigenvalue weighted by Gasteiger charge is 2.09. The second kappa shape index (κ2) is 7.85. The van der Waals surface area contributed by atoms with E-state index in [-0.39, 0.29) is 5.91 Å². The number of ether oxygens (including phenoxy) is 1. The van der Waals surface area contributed by atoms with Crippen LogP contribution in [0.3, 0.4) is 0 Å². The van der Waals surface area contributed by atoms with Crippen molar-refractivity contribution < 1.29 is 9.53 Å². The number of rotatable bonds is 6. The molecule has 1 aromatic heterocycles. The molecule has 0 saturated heterocycles. The van der Waals surface area contributed by atoms with E-state index in [9.17, 15) is 4.79 Å². The monoisotopic (exact) mass is 354 g/mol. The van der Waals surface area contributed by atoms with Gasteiger partial charge in [-0.1, -0.05) is 30.0 Å². The van der Waals surface area contributed by atoms with Gasteiger partial charge in [0.2, 0.25) is 5.91 Å². The molecule has 1 N–H and O–H groups in total. The van der Waals surface area contributed by atoms with Crippen LogP contribution in [0.15, 0.2) is 60.0 Å². The molecule has 0 spiro atoms. The Morgan fingerprint density at radius 3 is 2.88 bits per heavy atom. The second-order valence-electron chi connectivity index (χ2n) is 5.36. The third-order valence-electron chi connectivity index (χ3n) is 3.46. The normalized spacial score (nSPS) is 10.5. The van der Waals surface area contributed by atoms with Crippen LogP contribution >= 0.6 is 11.8 Å². The summed E-state index contributed by atoms with van der Waals surface area (Å²) in [7, 11) is 1.66. The maximum absolute atomic E-state index is 11.2. The number of methoxy groups -OCH3 is 1. The second-order valence-corrected chi connectivity index (χ2v) is 6.30. The quantitative estimate of drug-likeness (QED) is 0.686. The van der Waals surface area contributed by atoms with Crippen LogP contribution in [0.5, 0.6) is 5.75 Å². The average molecular weight is 354 g/mol. The van der Waals surface area contributed by atoms with Crippen molar-refractivity contribution in [1.29, 1.82) is 0 Å². The highest BCUT2D eigenvalue weighted by atomic mass is 32.2. The van der Waals surface area contributed by atoms with Crippen LogP contribution in [-0.4, -0.2) is 27.8 Å². The van der Waals surface area contributed by atoms with Crippen LogP contribution in [0.25, 0.3) is 5.69 Å². The molecule has 0 radical (unpaired) electrons. The lowest BCUT2D eigenvalue weighted by atomic mass is 10.2. The molecule has 0 atom stereocenters. The van der Waals surface area contributed by atoms with Crippen molar-refractivity contribution in [2.75, 3.05) is 12.4 Å². The summed E-state index contributed by atoms with van der Waals surface area (Å²) in [5.74, 6) is 1.48. The van der Waals surface area contributed by atoms with Crippen LogP contribution < -0.4 is 10.1 Å². The third-order valence-corrected chi connectivity index (χ3v) is 4.48. The van der Waals surface area contributed by atoms with Gasteiger partial charge in [-0.05, 0) is 35.9 Å². The number of aromatic nitrogens is 3. The first kappa shape index (κ1) is 17.0. The van der Waals surface area contributed by atoms with Gasteiger partial charge in [-0.3, -0.25) is 9.36 Å². The fourth-order valence-corrected chi connectivity index (χ4v) is 3.22. The zero-order valence-electron chi connectivity index (χ0n) is 14.0. The number of nitrogens with zero attached hydrogens (tertiary/aromatic N) is 3. The van der Waals surface area contributed by atoms with Gasteiger partial charge in [-0.15, -0.1) is 10.2 Å². The van der Waals surface area contributed by atoms with Gasteiger partial charge in [0.05, 0.1) is 12.8 Å². The van der Waals surface area contributed by atoms with Crippen molar-refractivity contribution in [3.8, 4) is 11.4 Å². The first-order valence-electron chi connectivity index (χ1n) is 7.69. The Hall–Kier alpha value is -2.80. The Bertz CT molecular complexity index is 879.